The Morgan fingerprint density at radius 3 is 3.12 bits per heavy atom. The van der Waals surface area contributed by atoms with Crippen molar-refractivity contribution in [3.05, 3.63) is 42.0 Å². The molecule has 90 valence electrons. The van der Waals surface area contributed by atoms with Crippen molar-refractivity contribution in [2.24, 2.45) is 7.05 Å². The molecule has 0 amide bonds. The zero-order valence-electron chi connectivity index (χ0n) is 10.1. The summed E-state index contributed by atoms with van der Waals surface area (Å²) < 4.78 is 2.20. The third-order valence-electron chi connectivity index (χ3n) is 3.67. The van der Waals surface area contributed by atoms with Gasteiger partial charge in [0.05, 0.1) is 0 Å². The summed E-state index contributed by atoms with van der Waals surface area (Å²) in [7, 11) is 2.11. The lowest BCUT2D eigenvalue weighted by atomic mass is 10.1. The van der Waals surface area contributed by atoms with Gasteiger partial charge in [-0.1, -0.05) is 0 Å². The average Bonchev–Trinajstić information content (AvgIpc) is 3.02. The highest BCUT2D eigenvalue weighted by atomic mass is 15.2. The van der Waals surface area contributed by atoms with Gasteiger partial charge in [0.1, 0.15) is 0 Å². The first kappa shape index (κ1) is 10.6. The van der Waals surface area contributed by atoms with Gasteiger partial charge >= 0.3 is 0 Å². The molecule has 1 unspecified atom stereocenters. The second kappa shape index (κ2) is 4.37. The highest BCUT2D eigenvalue weighted by Gasteiger charge is 2.24. The molecule has 4 nitrogen and oxygen atoms in total. The summed E-state index contributed by atoms with van der Waals surface area (Å²) in [6.07, 6.45) is 5.18. The predicted octanol–water partition coefficient (Wildman–Crippen LogP) is 1.74. The van der Waals surface area contributed by atoms with E-state index >= 15 is 0 Å². The molecule has 2 aromatic rings. The Kier molecular flexibility index (Phi) is 2.73. The Morgan fingerprint density at radius 2 is 2.41 bits per heavy atom. The lowest BCUT2D eigenvalue weighted by Crippen LogP contribution is -2.21. The van der Waals surface area contributed by atoms with Crippen LogP contribution in [0, 0.1) is 0 Å². The average molecular weight is 230 g/mol. The Hall–Kier alpha value is -1.55. The molecule has 1 fully saturated rings. The van der Waals surface area contributed by atoms with Crippen LogP contribution in [0.15, 0.2) is 30.6 Å². The number of rotatable bonds is 3. The number of aromatic nitrogens is 3. The fraction of sp³-hybridized carbons (Fsp3) is 0.462. The Morgan fingerprint density at radius 1 is 1.47 bits per heavy atom. The van der Waals surface area contributed by atoms with Crippen molar-refractivity contribution in [3.63, 3.8) is 0 Å². The minimum Gasteiger partial charge on any atom is -0.353 e. The van der Waals surface area contributed by atoms with Gasteiger partial charge in [-0.2, -0.15) is 5.10 Å². The van der Waals surface area contributed by atoms with E-state index < -0.39 is 0 Å². The Labute approximate surface area is 101 Å². The van der Waals surface area contributed by atoms with Crippen molar-refractivity contribution in [3.8, 4) is 0 Å². The minimum absolute atomic E-state index is 0.623. The van der Waals surface area contributed by atoms with Gasteiger partial charge < -0.3 is 4.57 Å². The first-order chi connectivity index (χ1) is 8.33. The first-order valence-electron chi connectivity index (χ1n) is 6.15. The van der Waals surface area contributed by atoms with E-state index in [4.69, 9.17) is 0 Å². The van der Waals surface area contributed by atoms with Gasteiger partial charge in [-0.15, -0.1) is 0 Å². The molecule has 0 aliphatic carbocycles. The summed E-state index contributed by atoms with van der Waals surface area (Å²) in [4.78, 5) is 2.51. The van der Waals surface area contributed by atoms with E-state index in [0.717, 1.165) is 13.1 Å². The Balaban J connectivity index is 1.63. The van der Waals surface area contributed by atoms with E-state index in [1.54, 1.807) is 0 Å². The molecule has 1 atom stereocenters. The minimum atomic E-state index is 0.623. The van der Waals surface area contributed by atoms with Crippen molar-refractivity contribution in [1.82, 2.24) is 19.7 Å². The number of nitrogens with one attached hydrogen (secondary N) is 1. The van der Waals surface area contributed by atoms with Crippen LogP contribution >= 0.6 is 0 Å². The summed E-state index contributed by atoms with van der Waals surface area (Å²) in [6.45, 7) is 3.36. The molecule has 0 aromatic carbocycles. The first-order valence-corrected chi connectivity index (χ1v) is 6.15. The number of H-pyrrole nitrogens is 1. The van der Waals surface area contributed by atoms with Crippen molar-refractivity contribution in [2.75, 3.05) is 13.1 Å². The smallest absolute Gasteiger partial charge is 0.0490 e. The topological polar surface area (TPSA) is 36.9 Å². The molecule has 0 spiro atoms. The van der Waals surface area contributed by atoms with Gasteiger partial charge in [-0.05, 0) is 31.2 Å². The standard InChI is InChI=1S/C13H18N4/c1-16-7-2-3-12(16)10-17-8-5-11(9-17)13-4-6-14-15-13/h2-4,6-7,11H,5,8-10H2,1H3,(H,14,15). The Bertz CT molecular complexity index is 471. The third kappa shape index (κ3) is 2.13. The van der Waals surface area contributed by atoms with Crippen LogP contribution in [0.4, 0.5) is 0 Å². The number of likely N-dealkylation sites (tertiary alicyclic amines) is 1. The maximum absolute atomic E-state index is 4.03. The fourth-order valence-electron chi connectivity index (χ4n) is 2.61. The third-order valence-corrected chi connectivity index (χ3v) is 3.67. The van der Waals surface area contributed by atoms with Gasteiger partial charge in [0.25, 0.3) is 0 Å². The number of aromatic amines is 1. The molecule has 0 saturated carbocycles. The molecule has 3 rings (SSSR count). The SMILES string of the molecule is Cn1cccc1CN1CCC(c2ccn[nH]2)C1. The van der Waals surface area contributed by atoms with Crippen molar-refractivity contribution in [2.45, 2.75) is 18.9 Å². The molecule has 0 radical (unpaired) electrons. The van der Waals surface area contributed by atoms with Crippen LogP contribution in [-0.4, -0.2) is 32.8 Å². The number of hydrogen-bond acceptors (Lipinski definition) is 2. The second-order valence-electron chi connectivity index (χ2n) is 4.84. The van der Waals surface area contributed by atoms with Gasteiger partial charge in [-0.3, -0.25) is 10.00 Å². The predicted molar refractivity (Wildman–Crippen MR) is 66.6 cm³/mol. The molecular weight excluding hydrogens is 212 g/mol. The summed E-state index contributed by atoms with van der Waals surface area (Å²) in [5.74, 6) is 0.623. The zero-order valence-corrected chi connectivity index (χ0v) is 10.1. The summed E-state index contributed by atoms with van der Waals surface area (Å²) in [5.41, 5.74) is 2.66. The molecular formula is C13H18N4. The maximum atomic E-state index is 4.03. The van der Waals surface area contributed by atoms with E-state index in [-0.39, 0.29) is 0 Å². The normalized spacial score (nSPS) is 21.1. The molecule has 2 aromatic heterocycles. The number of hydrogen-bond donors (Lipinski definition) is 1. The van der Waals surface area contributed by atoms with Crippen LogP contribution < -0.4 is 0 Å². The molecule has 0 bridgehead atoms. The number of nitrogens with zero attached hydrogens (tertiary/aromatic N) is 3. The lowest BCUT2D eigenvalue weighted by molar-refractivity contribution is 0.318. The molecule has 17 heavy (non-hydrogen) atoms. The molecule has 4 heteroatoms. The maximum Gasteiger partial charge on any atom is 0.0490 e. The van der Waals surface area contributed by atoms with Gasteiger partial charge in [-0.25, -0.2) is 0 Å². The van der Waals surface area contributed by atoms with Crippen molar-refractivity contribution < 1.29 is 0 Å². The molecule has 1 saturated heterocycles. The molecule has 3 heterocycles. The largest absolute Gasteiger partial charge is 0.353 e. The van der Waals surface area contributed by atoms with Crippen LogP contribution in [0.1, 0.15) is 23.7 Å². The van der Waals surface area contributed by atoms with Gasteiger partial charge in [0, 0.05) is 49.8 Å². The summed E-state index contributed by atoms with van der Waals surface area (Å²) in [6, 6.07) is 6.40. The van der Waals surface area contributed by atoms with Crippen LogP contribution in [0.2, 0.25) is 0 Å². The molecule has 1 N–H and O–H groups in total. The van der Waals surface area contributed by atoms with Crippen LogP contribution in [0.3, 0.4) is 0 Å². The molecule has 1 aliphatic heterocycles. The van der Waals surface area contributed by atoms with Crippen molar-refractivity contribution in [1.29, 1.82) is 0 Å². The van der Waals surface area contributed by atoms with Crippen LogP contribution in [0.25, 0.3) is 0 Å². The van der Waals surface area contributed by atoms with E-state index in [9.17, 15) is 0 Å². The molecule has 1 aliphatic rings. The van der Waals surface area contributed by atoms with E-state index in [1.807, 2.05) is 6.20 Å². The van der Waals surface area contributed by atoms with E-state index in [2.05, 4.69) is 51.1 Å². The van der Waals surface area contributed by atoms with Gasteiger partial charge in [0.15, 0.2) is 0 Å². The van der Waals surface area contributed by atoms with E-state index in [1.165, 1.54) is 24.4 Å². The van der Waals surface area contributed by atoms with E-state index in [0.29, 0.717) is 5.92 Å². The number of aryl methyl sites for hydroxylation is 1. The van der Waals surface area contributed by atoms with Crippen LogP contribution in [0.5, 0.6) is 0 Å². The quantitative estimate of drug-likeness (QED) is 0.872. The van der Waals surface area contributed by atoms with Crippen molar-refractivity contribution >= 4 is 0 Å². The van der Waals surface area contributed by atoms with Crippen LogP contribution in [-0.2, 0) is 13.6 Å². The highest BCUT2D eigenvalue weighted by Crippen LogP contribution is 2.26. The fourth-order valence-corrected chi connectivity index (χ4v) is 2.61. The lowest BCUT2D eigenvalue weighted by Gasteiger charge is -2.16. The highest BCUT2D eigenvalue weighted by molar-refractivity contribution is 5.11. The van der Waals surface area contributed by atoms with Gasteiger partial charge in [0.2, 0.25) is 0 Å². The monoisotopic (exact) mass is 230 g/mol. The second-order valence-corrected chi connectivity index (χ2v) is 4.84. The zero-order chi connectivity index (χ0) is 11.7. The summed E-state index contributed by atoms with van der Waals surface area (Å²) in [5, 5.41) is 7.12. The summed E-state index contributed by atoms with van der Waals surface area (Å²) >= 11 is 0.